The predicted molar refractivity (Wildman–Crippen MR) is 97.3 cm³/mol. The molecule has 0 aromatic carbocycles. The van der Waals surface area contributed by atoms with Crippen molar-refractivity contribution in [2.24, 2.45) is 5.92 Å². The molecule has 0 unspecified atom stereocenters. The molecule has 8 nitrogen and oxygen atoms in total. The van der Waals surface area contributed by atoms with Gasteiger partial charge in [-0.05, 0) is 31.6 Å². The largest absolute Gasteiger partial charge is 0.356 e. The maximum Gasteiger partial charge on any atom is 0.269 e. The van der Waals surface area contributed by atoms with Gasteiger partial charge in [-0.25, -0.2) is 4.98 Å². The summed E-state index contributed by atoms with van der Waals surface area (Å²) in [5.74, 6) is 0.0414. The van der Waals surface area contributed by atoms with Crippen molar-refractivity contribution >= 4 is 17.7 Å². The first kappa shape index (κ1) is 19.9. The molecule has 0 spiro atoms. The minimum absolute atomic E-state index is 0.0213. The number of carbonyl (C=O) groups is 3. The fourth-order valence-corrected chi connectivity index (χ4v) is 3.15. The summed E-state index contributed by atoms with van der Waals surface area (Å²) in [6.07, 6.45) is 7.17. The molecule has 1 aromatic rings. The number of hydrogen-bond donors (Lipinski definition) is 4. The Morgan fingerprint density at radius 3 is 2.58 bits per heavy atom. The topological polar surface area (TPSA) is 116 Å². The van der Waals surface area contributed by atoms with E-state index in [1.807, 2.05) is 13.8 Å². The van der Waals surface area contributed by atoms with Gasteiger partial charge in [-0.2, -0.15) is 0 Å². The molecule has 0 radical (unpaired) electrons. The Balaban J connectivity index is 1.68. The molecule has 0 saturated heterocycles. The van der Waals surface area contributed by atoms with E-state index in [-0.39, 0.29) is 36.2 Å². The Morgan fingerprint density at radius 1 is 1.19 bits per heavy atom. The van der Waals surface area contributed by atoms with Crippen LogP contribution in [-0.2, 0) is 9.59 Å². The van der Waals surface area contributed by atoms with E-state index < -0.39 is 0 Å². The molecule has 1 aliphatic rings. The molecule has 8 heteroatoms. The second-order valence-corrected chi connectivity index (χ2v) is 7.26. The molecule has 0 aliphatic heterocycles. The van der Waals surface area contributed by atoms with Crippen molar-refractivity contribution in [3.8, 4) is 0 Å². The zero-order valence-corrected chi connectivity index (χ0v) is 15.5. The molecule has 4 N–H and O–H groups in total. The molecule has 0 bridgehead atoms. The summed E-state index contributed by atoms with van der Waals surface area (Å²) in [4.78, 5) is 42.4. The first-order valence-corrected chi connectivity index (χ1v) is 9.29. The number of amides is 3. The Morgan fingerprint density at radius 2 is 1.92 bits per heavy atom. The molecule has 3 amide bonds. The third-order valence-corrected chi connectivity index (χ3v) is 4.39. The van der Waals surface area contributed by atoms with E-state index in [4.69, 9.17) is 0 Å². The maximum atomic E-state index is 12.1. The van der Waals surface area contributed by atoms with E-state index in [9.17, 15) is 14.4 Å². The highest BCUT2D eigenvalue weighted by Gasteiger charge is 2.25. The van der Waals surface area contributed by atoms with Gasteiger partial charge < -0.3 is 20.9 Å². The minimum atomic E-state index is -0.174. The van der Waals surface area contributed by atoms with Crippen LogP contribution < -0.4 is 16.0 Å². The Labute approximate surface area is 153 Å². The Bertz CT molecular complexity index is 600. The average molecular weight is 363 g/mol. The fourth-order valence-electron chi connectivity index (χ4n) is 3.15. The van der Waals surface area contributed by atoms with Crippen molar-refractivity contribution in [3.05, 3.63) is 18.2 Å². The van der Waals surface area contributed by atoms with E-state index in [0.717, 1.165) is 19.3 Å². The van der Waals surface area contributed by atoms with Gasteiger partial charge in [-0.3, -0.25) is 14.4 Å². The van der Waals surface area contributed by atoms with E-state index in [0.29, 0.717) is 31.0 Å². The molecule has 2 atom stereocenters. The molecule has 1 saturated carbocycles. The summed E-state index contributed by atoms with van der Waals surface area (Å²) in [5.41, 5.74) is 0.438. The van der Waals surface area contributed by atoms with Gasteiger partial charge in [0.15, 0.2) is 0 Å². The summed E-state index contributed by atoms with van der Waals surface area (Å²) in [7, 11) is 0. The highest BCUT2D eigenvalue weighted by molar-refractivity contribution is 5.92. The number of hydrogen-bond acceptors (Lipinski definition) is 4. The second kappa shape index (κ2) is 9.94. The van der Waals surface area contributed by atoms with Gasteiger partial charge in [0.1, 0.15) is 5.69 Å². The summed E-state index contributed by atoms with van der Waals surface area (Å²) < 4.78 is 0. The van der Waals surface area contributed by atoms with Crippen LogP contribution in [-0.4, -0.2) is 46.3 Å². The highest BCUT2D eigenvalue weighted by atomic mass is 16.2. The van der Waals surface area contributed by atoms with Crippen molar-refractivity contribution in [2.75, 3.05) is 6.54 Å². The lowest BCUT2D eigenvalue weighted by Gasteiger charge is -2.30. The van der Waals surface area contributed by atoms with E-state index in [1.54, 1.807) is 0 Å². The zero-order chi connectivity index (χ0) is 18.9. The Kier molecular flexibility index (Phi) is 7.62. The van der Waals surface area contributed by atoms with Crippen LogP contribution in [0.4, 0.5) is 0 Å². The first-order chi connectivity index (χ1) is 12.4. The Hall–Kier alpha value is -2.38. The molecular weight excluding hydrogens is 334 g/mol. The monoisotopic (exact) mass is 363 g/mol. The van der Waals surface area contributed by atoms with Gasteiger partial charge in [0.2, 0.25) is 11.8 Å². The van der Waals surface area contributed by atoms with Crippen molar-refractivity contribution in [1.29, 1.82) is 0 Å². The van der Waals surface area contributed by atoms with Gasteiger partial charge in [0, 0.05) is 31.5 Å². The number of aromatic nitrogens is 2. The predicted octanol–water partition coefficient (Wildman–Crippen LogP) is 1.12. The van der Waals surface area contributed by atoms with Crippen LogP contribution in [0.15, 0.2) is 12.5 Å². The number of imidazole rings is 1. The zero-order valence-electron chi connectivity index (χ0n) is 15.5. The fraction of sp³-hybridized carbons (Fsp3) is 0.667. The number of nitrogens with zero attached hydrogens (tertiary/aromatic N) is 1. The normalized spacial score (nSPS) is 19.8. The van der Waals surface area contributed by atoms with Crippen LogP contribution in [0, 0.1) is 5.92 Å². The quantitative estimate of drug-likeness (QED) is 0.554. The van der Waals surface area contributed by atoms with Gasteiger partial charge in [-0.15, -0.1) is 0 Å². The van der Waals surface area contributed by atoms with Crippen molar-refractivity contribution in [2.45, 2.75) is 64.5 Å². The highest BCUT2D eigenvalue weighted by Crippen LogP contribution is 2.19. The maximum absolute atomic E-state index is 12.1. The van der Waals surface area contributed by atoms with Gasteiger partial charge >= 0.3 is 0 Å². The molecule has 1 aliphatic carbocycles. The number of carbonyl (C=O) groups excluding carboxylic acids is 3. The molecular formula is C18H29N5O3. The molecule has 26 heavy (non-hydrogen) atoms. The van der Waals surface area contributed by atoms with E-state index in [2.05, 4.69) is 25.9 Å². The molecule has 1 aromatic heterocycles. The third kappa shape index (κ3) is 6.85. The number of H-pyrrole nitrogens is 1. The van der Waals surface area contributed by atoms with E-state index in [1.165, 1.54) is 12.5 Å². The number of aromatic amines is 1. The second-order valence-electron chi connectivity index (χ2n) is 7.26. The summed E-state index contributed by atoms with van der Waals surface area (Å²) in [6, 6.07) is 0.0882. The van der Waals surface area contributed by atoms with Gasteiger partial charge in [0.25, 0.3) is 5.91 Å². The van der Waals surface area contributed by atoms with Crippen LogP contribution in [0.1, 0.15) is 62.9 Å². The molecule has 1 heterocycles. The van der Waals surface area contributed by atoms with Crippen molar-refractivity contribution in [1.82, 2.24) is 25.9 Å². The van der Waals surface area contributed by atoms with Crippen LogP contribution >= 0.6 is 0 Å². The summed E-state index contributed by atoms with van der Waals surface area (Å²) in [5, 5.41) is 8.76. The smallest absolute Gasteiger partial charge is 0.269 e. The molecule has 2 rings (SSSR count). The SMILES string of the molecule is CC(C)CC(=O)NCCC(=O)N[C@@H]1CCC[C@@H](NC(=O)c2cnc[nH]2)C1. The van der Waals surface area contributed by atoms with Gasteiger partial charge in [-0.1, -0.05) is 13.8 Å². The lowest BCUT2D eigenvalue weighted by Crippen LogP contribution is -2.46. The summed E-state index contributed by atoms with van der Waals surface area (Å²) >= 11 is 0. The number of rotatable bonds is 8. The molecule has 144 valence electrons. The van der Waals surface area contributed by atoms with Crippen molar-refractivity contribution in [3.63, 3.8) is 0 Å². The van der Waals surface area contributed by atoms with E-state index >= 15 is 0 Å². The van der Waals surface area contributed by atoms with Crippen LogP contribution in [0.25, 0.3) is 0 Å². The van der Waals surface area contributed by atoms with Crippen LogP contribution in [0.3, 0.4) is 0 Å². The molecule has 1 fully saturated rings. The first-order valence-electron chi connectivity index (χ1n) is 9.29. The minimum Gasteiger partial charge on any atom is -0.356 e. The lowest BCUT2D eigenvalue weighted by molar-refractivity contribution is -0.123. The standard InChI is InChI=1S/C18H29N5O3/c1-12(2)8-17(25)20-7-6-16(24)22-13-4-3-5-14(9-13)23-18(26)15-10-19-11-21-15/h10-14H,3-9H2,1-2H3,(H,19,21)(H,20,25)(H,22,24)(H,23,26)/t13-,14-/m1/s1. The number of nitrogens with one attached hydrogen (secondary N) is 4. The van der Waals surface area contributed by atoms with Crippen LogP contribution in [0.2, 0.25) is 0 Å². The third-order valence-electron chi connectivity index (χ3n) is 4.39. The van der Waals surface area contributed by atoms with Gasteiger partial charge in [0.05, 0.1) is 12.5 Å². The lowest BCUT2D eigenvalue weighted by atomic mass is 9.90. The average Bonchev–Trinajstić information content (AvgIpc) is 3.09. The van der Waals surface area contributed by atoms with Crippen molar-refractivity contribution < 1.29 is 14.4 Å². The van der Waals surface area contributed by atoms with Crippen LogP contribution in [0.5, 0.6) is 0 Å². The summed E-state index contributed by atoms with van der Waals surface area (Å²) in [6.45, 7) is 4.32.